The third-order valence-corrected chi connectivity index (χ3v) is 4.56. The molecule has 0 saturated heterocycles. The normalized spacial score (nSPS) is 10.7. The summed E-state index contributed by atoms with van der Waals surface area (Å²) in [7, 11) is 2.73. The summed E-state index contributed by atoms with van der Waals surface area (Å²) >= 11 is 5.86. The van der Waals surface area contributed by atoms with E-state index in [1.54, 1.807) is 17.6 Å². The summed E-state index contributed by atoms with van der Waals surface area (Å²) in [5.41, 5.74) is 1.18. The zero-order valence-corrected chi connectivity index (χ0v) is 16.7. The van der Waals surface area contributed by atoms with Crippen molar-refractivity contribution in [2.24, 2.45) is 0 Å². The first kappa shape index (κ1) is 20.6. The molecule has 0 bridgehead atoms. The Morgan fingerprint density at radius 1 is 1.10 bits per heavy atom. The summed E-state index contributed by atoms with van der Waals surface area (Å²) < 4.78 is 39.2. The monoisotopic (exact) mass is 421 g/mol. The number of rotatable bonds is 6. The number of ether oxygens (including phenoxy) is 2. The van der Waals surface area contributed by atoms with E-state index in [-0.39, 0.29) is 29.0 Å². The van der Waals surface area contributed by atoms with E-state index in [1.165, 1.54) is 44.7 Å². The average Bonchev–Trinajstić information content (AvgIpc) is 2.69. The predicted molar refractivity (Wildman–Crippen MR) is 107 cm³/mol. The maximum atomic E-state index is 14.1. The Labute approximate surface area is 170 Å². The standard InChI is InChI=1S/C20H18ClF2N3O3/c1-11-6-17(28-2)15(23)8-16(11)24-20-25-19(27)18(29-3)10-26(20)9-12-4-5-14(22)13(21)7-12/h4-8,10H,9H2,1-3H3,(H,24,25,27). The molecule has 3 rings (SSSR count). The molecule has 0 aliphatic rings. The highest BCUT2D eigenvalue weighted by Gasteiger charge is 2.14. The summed E-state index contributed by atoms with van der Waals surface area (Å²) in [4.78, 5) is 16.2. The quantitative estimate of drug-likeness (QED) is 0.643. The lowest BCUT2D eigenvalue weighted by atomic mass is 10.2. The van der Waals surface area contributed by atoms with Crippen molar-refractivity contribution in [2.45, 2.75) is 13.5 Å². The van der Waals surface area contributed by atoms with Gasteiger partial charge in [0.2, 0.25) is 11.7 Å². The van der Waals surface area contributed by atoms with Crippen LogP contribution >= 0.6 is 11.6 Å². The maximum Gasteiger partial charge on any atom is 0.316 e. The van der Waals surface area contributed by atoms with Gasteiger partial charge in [-0.05, 0) is 36.2 Å². The van der Waals surface area contributed by atoms with Crippen LogP contribution in [0.1, 0.15) is 11.1 Å². The number of aryl methyl sites for hydroxylation is 1. The third kappa shape index (κ3) is 4.48. The number of benzene rings is 2. The summed E-state index contributed by atoms with van der Waals surface area (Å²) in [5.74, 6) is -0.804. The van der Waals surface area contributed by atoms with Crippen molar-refractivity contribution >= 4 is 23.2 Å². The van der Waals surface area contributed by atoms with Gasteiger partial charge < -0.3 is 19.4 Å². The number of nitrogens with one attached hydrogen (secondary N) is 1. The highest BCUT2D eigenvalue weighted by molar-refractivity contribution is 6.30. The topological polar surface area (TPSA) is 65.4 Å². The fraction of sp³-hybridized carbons (Fsp3) is 0.200. The van der Waals surface area contributed by atoms with E-state index in [2.05, 4.69) is 10.3 Å². The van der Waals surface area contributed by atoms with Crippen LogP contribution in [0.2, 0.25) is 5.02 Å². The Kier molecular flexibility index (Phi) is 6.03. The van der Waals surface area contributed by atoms with Crippen molar-refractivity contribution in [3.8, 4) is 11.5 Å². The molecule has 1 heterocycles. The van der Waals surface area contributed by atoms with Gasteiger partial charge in [-0.2, -0.15) is 4.98 Å². The van der Waals surface area contributed by atoms with E-state index in [0.717, 1.165) is 0 Å². The molecule has 2 aromatic carbocycles. The lowest BCUT2D eigenvalue weighted by Gasteiger charge is -2.17. The zero-order valence-electron chi connectivity index (χ0n) is 15.9. The minimum absolute atomic E-state index is 0.0222. The van der Waals surface area contributed by atoms with E-state index < -0.39 is 17.2 Å². The summed E-state index contributed by atoms with van der Waals surface area (Å²) in [6.45, 7) is 1.97. The van der Waals surface area contributed by atoms with Crippen molar-refractivity contribution in [3.05, 3.63) is 74.7 Å². The highest BCUT2D eigenvalue weighted by Crippen LogP contribution is 2.27. The first-order chi connectivity index (χ1) is 13.8. The number of aromatic nitrogens is 2. The molecular weight excluding hydrogens is 404 g/mol. The Morgan fingerprint density at radius 3 is 2.48 bits per heavy atom. The Morgan fingerprint density at radius 2 is 1.83 bits per heavy atom. The number of nitrogens with zero attached hydrogens (tertiary/aromatic N) is 2. The van der Waals surface area contributed by atoms with Gasteiger partial charge >= 0.3 is 5.56 Å². The smallest absolute Gasteiger partial charge is 0.316 e. The van der Waals surface area contributed by atoms with Crippen LogP contribution in [-0.4, -0.2) is 23.8 Å². The van der Waals surface area contributed by atoms with Gasteiger partial charge in [0.25, 0.3) is 0 Å². The molecule has 0 amide bonds. The molecular formula is C20H18ClF2N3O3. The summed E-state index contributed by atoms with van der Waals surface area (Å²) in [6, 6.07) is 7.07. The molecule has 0 aliphatic carbocycles. The molecule has 1 N–H and O–H groups in total. The van der Waals surface area contributed by atoms with Crippen LogP contribution < -0.4 is 20.3 Å². The molecule has 0 saturated carbocycles. The van der Waals surface area contributed by atoms with Crippen LogP contribution in [0.3, 0.4) is 0 Å². The lowest BCUT2D eigenvalue weighted by molar-refractivity contribution is 0.386. The Hall–Kier alpha value is -3.13. The predicted octanol–water partition coefficient (Wildman–Crippen LogP) is 4.29. The lowest BCUT2D eigenvalue weighted by Crippen LogP contribution is -2.19. The van der Waals surface area contributed by atoms with Gasteiger partial charge in [-0.25, -0.2) is 8.78 Å². The highest BCUT2D eigenvalue weighted by atomic mass is 35.5. The first-order valence-electron chi connectivity index (χ1n) is 8.53. The van der Waals surface area contributed by atoms with E-state index >= 15 is 0 Å². The van der Waals surface area contributed by atoms with E-state index in [4.69, 9.17) is 21.1 Å². The average molecular weight is 422 g/mol. The number of hydrogen-bond donors (Lipinski definition) is 1. The van der Waals surface area contributed by atoms with E-state index in [9.17, 15) is 13.6 Å². The van der Waals surface area contributed by atoms with Crippen LogP contribution in [0.4, 0.5) is 20.4 Å². The second-order valence-electron chi connectivity index (χ2n) is 6.24. The molecule has 6 nitrogen and oxygen atoms in total. The van der Waals surface area contributed by atoms with E-state index in [1.807, 2.05) is 0 Å². The van der Waals surface area contributed by atoms with Crippen LogP contribution in [0.15, 0.2) is 41.3 Å². The van der Waals surface area contributed by atoms with Crippen LogP contribution in [0.25, 0.3) is 0 Å². The van der Waals surface area contributed by atoms with Crippen molar-refractivity contribution in [1.29, 1.82) is 0 Å². The number of methoxy groups -OCH3 is 2. The third-order valence-electron chi connectivity index (χ3n) is 4.27. The molecule has 3 aromatic rings. The van der Waals surface area contributed by atoms with Gasteiger partial charge in [-0.15, -0.1) is 0 Å². The molecule has 9 heteroatoms. The fourth-order valence-electron chi connectivity index (χ4n) is 2.73. The molecule has 0 aliphatic heterocycles. The van der Waals surface area contributed by atoms with Crippen molar-refractivity contribution in [1.82, 2.24) is 9.55 Å². The molecule has 0 fully saturated rings. The van der Waals surface area contributed by atoms with Gasteiger partial charge in [-0.1, -0.05) is 17.7 Å². The van der Waals surface area contributed by atoms with Crippen LogP contribution in [-0.2, 0) is 6.54 Å². The second kappa shape index (κ2) is 8.48. The van der Waals surface area contributed by atoms with Crippen molar-refractivity contribution in [2.75, 3.05) is 19.5 Å². The molecule has 1 aromatic heterocycles. The molecule has 0 atom stereocenters. The Balaban J connectivity index is 2.04. The summed E-state index contributed by atoms with van der Waals surface area (Å²) in [5, 5.41) is 2.94. The number of halogens is 3. The largest absolute Gasteiger partial charge is 0.494 e. The molecule has 0 unspecified atom stereocenters. The Bertz CT molecular complexity index is 1120. The van der Waals surface area contributed by atoms with Crippen LogP contribution in [0.5, 0.6) is 11.5 Å². The molecule has 0 spiro atoms. The number of anilines is 2. The summed E-state index contributed by atoms with van der Waals surface area (Å²) in [6.07, 6.45) is 1.46. The van der Waals surface area contributed by atoms with Crippen molar-refractivity contribution in [3.63, 3.8) is 0 Å². The minimum atomic E-state index is -0.588. The van der Waals surface area contributed by atoms with Crippen molar-refractivity contribution < 1.29 is 18.3 Å². The molecule has 29 heavy (non-hydrogen) atoms. The van der Waals surface area contributed by atoms with E-state index in [0.29, 0.717) is 16.8 Å². The fourth-order valence-corrected chi connectivity index (χ4v) is 2.94. The molecule has 152 valence electrons. The van der Waals surface area contributed by atoms with Gasteiger partial charge in [0.1, 0.15) is 5.82 Å². The first-order valence-corrected chi connectivity index (χ1v) is 8.90. The van der Waals surface area contributed by atoms with Gasteiger partial charge in [-0.3, -0.25) is 4.79 Å². The SMILES string of the molecule is COc1cc(C)c(Nc2nc(=O)c(OC)cn2Cc2ccc(F)c(Cl)c2)cc1F. The second-order valence-corrected chi connectivity index (χ2v) is 6.65. The number of hydrogen-bond acceptors (Lipinski definition) is 5. The minimum Gasteiger partial charge on any atom is -0.494 e. The van der Waals surface area contributed by atoms with Gasteiger partial charge in [0.15, 0.2) is 11.6 Å². The van der Waals surface area contributed by atoms with Crippen LogP contribution in [0, 0.1) is 18.6 Å². The van der Waals surface area contributed by atoms with Gasteiger partial charge in [0.05, 0.1) is 32.0 Å². The molecule has 0 radical (unpaired) electrons. The maximum absolute atomic E-state index is 14.1. The van der Waals surface area contributed by atoms with Gasteiger partial charge in [0, 0.05) is 11.8 Å². The zero-order chi connectivity index (χ0) is 21.1.